The first-order valence-electron chi connectivity index (χ1n) is 6.62. The number of amides is 1. The molecule has 6 nitrogen and oxygen atoms in total. The van der Waals surface area contributed by atoms with E-state index >= 15 is 0 Å². The van der Waals surface area contributed by atoms with Crippen LogP contribution in [0.15, 0.2) is 33.6 Å². The summed E-state index contributed by atoms with van der Waals surface area (Å²) in [4.78, 5) is 14.0. The molecule has 0 unspecified atom stereocenters. The van der Waals surface area contributed by atoms with Crippen LogP contribution in [0.1, 0.15) is 0 Å². The van der Waals surface area contributed by atoms with E-state index in [0.29, 0.717) is 17.6 Å². The van der Waals surface area contributed by atoms with Crippen molar-refractivity contribution in [3.63, 3.8) is 0 Å². The fourth-order valence-electron chi connectivity index (χ4n) is 2.11. The maximum absolute atomic E-state index is 12.5. The minimum absolute atomic E-state index is 0. The summed E-state index contributed by atoms with van der Waals surface area (Å²) in [5.41, 5.74) is 0. The van der Waals surface area contributed by atoms with E-state index in [1.807, 2.05) is 0 Å². The van der Waals surface area contributed by atoms with Gasteiger partial charge >= 0.3 is 0 Å². The van der Waals surface area contributed by atoms with Gasteiger partial charge in [-0.2, -0.15) is 4.31 Å². The Morgan fingerprint density at radius 2 is 1.91 bits per heavy atom. The van der Waals surface area contributed by atoms with Crippen molar-refractivity contribution < 1.29 is 13.2 Å². The highest BCUT2D eigenvalue weighted by Gasteiger charge is 2.27. The molecule has 1 amide bonds. The number of rotatable bonds is 4. The lowest BCUT2D eigenvalue weighted by Crippen LogP contribution is -2.49. The molecule has 0 bridgehead atoms. The van der Waals surface area contributed by atoms with E-state index in [1.165, 1.54) is 13.1 Å². The average Bonchev–Trinajstić information content (AvgIpc) is 2.48. The number of benzene rings is 1. The van der Waals surface area contributed by atoms with Crippen LogP contribution in [0, 0.1) is 0 Å². The molecule has 1 aliphatic heterocycles. The smallest absolute Gasteiger partial charge is 0.244 e. The molecule has 1 aromatic rings. The molecule has 1 N–H and O–H groups in total. The number of sulfonamides is 1. The minimum Gasteiger partial charge on any atom is -0.339 e. The van der Waals surface area contributed by atoms with Crippen molar-refractivity contribution >= 4 is 44.3 Å². The number of carbonyl (C=O) groups excluding carboxylic acids is 1. The Morgan fingerprint density at radius 1 is 1.32 bits per heavy atom. The molecule has 0 aliphatic carbocycles. The number of carbonyl (C=O) groups is 1. The number of nitrogens with one attached hydrogen (secondary N) is 1. The van der Waals surface area contributed by atoms with Gasteiger partial charge in [0.15, 0.2) is 0 Å². The van der Waals surface area contributed by atoms with Gasteiger partial charge in [0.05, 0.1) is 11.4 Å². The van der Waals surface area contributed by atoms with Gasteiger partial charge < -0.3 is 10.2 Å². The van der Waals surface area contributed by atoms with Gasteiger partial charge in [0, 0.05) is 37.7 Å². The monoisotopic (exact) mass is 411 g/mol. The third-order valence-electron chi connectivity index (χ3n) is 3.35. The molecule has 0 saturated carbocycles. The zero-order valence-corrected chi connectivity index (χ0v) is 15.4. The van der Waals surface area contributed by atoms with E-state index in [2.05, 4.69) is 21.2 Å². The maximum atomic E-state index is 12.5. The minimum atomic E-state index is -3.68. The summed E-state index contributed by atoms with van der Waals surface area (Å²) >= 11 is 3.23. The van der Waals surface area contributed by atoms with Gasteiger partial charge in [-0.25, -0.2) is 8.42 Å². The van der Waals surface area contributed by atoms with E-state index < -0.39 is 10.0 Å². The summed E-state index contributed by atoms with van der Waals surface area (Å²) in [6.07, 6.45) is 0. The van der Waals surface area contributed by atoms with Gasteiger partial charge in [-0.15, -0.1) is 12.4 Å². The summed E-state index contributed by atoms with van der Waals surface area (Å²) in [7, 11) is -2.25. The Kier molecular flexibility index (Phi) is 7.27. The van der Waals surface area contributed by atoms with Crippen LogP contribution in [0.2, 0.25) is 0 Å². The highest BCUT2D eigenvalue weighted by molar-refractivity contribution is 9.10. The molecule has 1 fully saturated rings. The lowest BCUT2D eigenvalue weighted by atomic mass is 10.3. The second-order valence-electron chi connectivity index (χ2n) is 4.82. The largest absolute Gasteiger partial charge is 0.339 e. The van der Waals surface area contributed by atoms with E-state index in [-0.39, 0.29) is 29.8 Å². The van der Waals surface area contributed by atoms with Crippen molar-refractivity contribution in [2.24, 2.45) is 0 Å². The van der Waals surface area contributed by atoms with Crippen molar-refractivity contribution in [2.75, 3.05) is 39.8 Å². The fourth-order valence-corrected chi connectivity index (χ4v) is 4.19. The Morgan fingerprint density at radius 3 is 2.50 bits per heavy atom. The van der Waals surface area contributed by atoms with Crippen molar-refractivity contribution in [3.05, 3.63) is 28.7 Å². The van der Waals surface area contributed by atoms with Crippen LogP contribution in [0.5, 0.6) is 0 Å². The molecule has 0 aromatic heterocycles. The first kappa shape index (κ1) is 19.4. The van der Waals surface area contributed by atoms with E-state index in [4.69, 9.17) is 0 Å². The topological polar surface area (TPSA) is 69.7 Å². The molecule has 9 heteroatoms. The van der Waals surface area contributed by atoms with Crippen LogP contribution in [-0.2, 0) is 14.8 Å². The maximum Gasteiger partial charge on any atom is 0.244 e. The average molecular weight is 413 g/mol. The molecule has 1 heterocycles. The number of hydrogen-bond acceptors (Lipinski definition) is 4. The fraction of sp³-hybridized carbons (Fsp3) is 0.462. The molecular formula is C13H19BrClN3O3S. The van der Waals surface area contributed by atoms with Crippen molar-refractivity contribution in [3.8, 4) is 0 Å². The highest BCUT2D eigenvalue weighted by atomic mass is 79.9. The zero-order chi connectivity index (χ0) is 15.5. The second-order valence-corrected chi connectivity index (χ2v) is 7.69. The third kappa shape index (κ3) is 4.42. The SMILES string of the molecule is CN(CC(=O)N1CCNCC1)S(=O)(=O)c1ccccc1Br.Cl. The van der Waals surface area contributed by atoms with Crippen molar-refractivity contribution in [1.82, 2.24) is 14.5 Å². The zero-order valence-electron chi connectivity index (χ0n) is 12.2. The molecule has 2 rings (SSSR count). The third-order valence-corrected chi connectivity index (χ3v) is 6.17. The Hall–Kier alpha value is -0.670. The molecule has 0 atom stereocenters. The predicted octanol–water partition coefficient (Wildman–Crippen LogP) is 0.923. The molecule has 1 aromatic carbocycles. The summed E-state index contributed by atoms with van der Waals surface area (Å²) in [5, 5.41) is 3.15. The van der Waals surface area contributed by atoms with Crippen LogP contribution < -0.4 is 5.32 Å². The number of nitrogens with zero attached hydrogens (tertiary/aromatic N) is 2. The number of piperazine rings is 1. The van der Waals surface area contributed by atoms with E-state index in [1.54, 1.807) is 23.1 Å². The number of halogens is 2. The van der Waals surface area contributed by atoms with Gasteiger partial charge in [0.2, 0.25) is 15.9 Å². The van der Waals surface area contributed by atoms with Crippen LogP contribution in [0.3, 0.4) is 0 Å². The van der Waals surface area contributed by atoms with Crippen molar-refractivity contribution in [2.45, 2.75) is 4.90 Å². The molecule has 22 heavy (non-hydrogen) atoms. The number of hydrogen-bond donors (Lipinski definition) is 1. The van der Waals surface area contributed by atoms with Gasteiger partial charge in [0.1, 0.15) is 0 Å². The Bertz CT molecular complexity index is 621. The Labute approximate surface area is 145 Å². The van der Waals surface area contributed by atoms with E-state index in [9.17, 15) is 13.2 Å². The lowest BCUT2D eigenvalue weighted by molar-refractivity contribution is -0.131. The molecule has 0 radical (unpaired) electrons. The lowest BCUT2D eigenvalue weighted by Gasteiger charge is -2.29. The summed E-state index contributed by atoms with van der Waals surface area (Å²) in [6, 6.07) is 6.59. The van der Waals surface area contributed by atoms with Crippen LogP contribution in [0.25, 0.3) is 0 Å². The van der Waals surface area contributed by atoms with Crippen LogP contribution in [0.4, 0.5) is 0 Å². The summed E-state index contributed by atoms with van der Waals surface area (Å²) in [5.74, 6) is -0.172. The van der Waals surface area contributed by atoms with Gasteiger partial charge in [-0.3, -0.25) is 4.79 Å². The van der Waals surface area contributed by atoms with Crippen LogP contribution in [-0.4, -0.2) is 63.3 Å². The normalized spacial score (nSPS) is 15.5. The predicted molar refractivity (Wildman–Crippen MR) is 90.7 cm³/mol. The second kappa shape index (κ2) is 8.26. The summed E-state index contributed by atoms with van der Waals surface area (Å²) < 4.78 is 26.6. The summed E-state index contributed by atoms with van der Waals surface area (Å²) in [6.45, 7) is 2.56. The molecule has 1 saturated heterocycles. The Balaban J connectivity index is 0.00000242. The molecular weight excluding hydrogens is 394 g/mol. The molecule has 1 aliphatic rings. The van der Waals surface area contributed by atoms with E-state index in [0.717, 1.165) is 17.4 Å². The molecule has 0 spiro atoms. The standard InChI is InChI=1S/C13H18BrN3O3S.ClH/c1-16(10-13(18)17-8-6-15-7-9-17)21(19,20)12-5-3-2-4-11(12)14;/h2-5,15H,6-10H2,1H3;1H. The molecule has 124 valence electrons. The first-order valence-corrected chi connectivity index (χ1v) is 8.85. The van der Waals surface area contributed by atoms with Gasteiger partial charge in [-0.05, 0) is 28.1 Å². The quantitative estimate of drug-likeness (QED) is 0.798. The number of likely N-dealkylation sites (N-methyl/N-ethyl adjacent to an activating group) is 1. The van der Waals surface area contributed by atoms with Crippen LogP contribution >= 0.6 is 28.3 Å². The van der Waals surface area contributed by atoms with Gasteiger partial charge in [-0.1, -0.05) is 12.1 Å². The van der Waals surface area contributed by atoms with Crippen molar-refractivity contribution in [1.29, 1.82) is 0 Å². The first-order chi connectivity index (χ1) is 9.93. The van der Waals surface area contributed by atoms with Gasteiger partial charge in [0.25, 0.3) is 0 Å². The highest BCUT2D eigenvalue weighted by Crippen LogP contribution is 2.23.